The maximum Gasteiger partial charge on any atom is 0.178 e. The van der Waals surface area contributed by atoms with E-state index in [9.17, 15) is 4.39 Å². The molecular weight excluding hydrogens is 263 g/mol. The quantitative estimate of drug-likeness (QED) is 0.747. The number of halogens is 1. The number of hydrogen-bond donors (Lipinski definition) is 1. The zero-order valence-electron chi connectivity index (χ0n) is 10.4. The van der Waals surface area contributed by atoms with E-state index >= 15 is 0 Å². The van der Waals surface area contributed by atoms with Gasteiger partial charge in [0.2, 0.25) is 0 Å². The van der Waals surface area contributed by atoms with Gasteiger partial charge in [0.25, 0.3) is 0 Å². The molecule has 6 heteroatoms. The van der Waals surface area contributed by atoms with Crippen molar-refractivity contribution in [2.24, 2.45) is 7.05 Å². The molecule has 0 unspecified atom stereocenters. The molecule has 2 heterocycles. The Hall–Kier alpha value is -1.95. The molecule has 2 aromatic heterocycles. The highest BCUT2D eigenvalue weighted by Gasteiger charge is 2.06. The molecule has 0 bridgehead atoms. The lowest BCUT2D eigenvalue weighted by Gasteiger charge is -2.02. The summed E-state index contributed by atoms with van der Waals surface area (Å²) in [6.45, 7) is 0.724. The number of aryl methyl sites for hydroxylation is 3. The largest absolute Gasteiger partial charge is 0.330 e. The number of fused-ring (bicyclic) bond motifs is 1. The minimum Gasteiger partial charge on any atom is -0.330 e. The predicted molar refractivity (Wildman–Crippen MR) is 74.0 cm³/mol. The van der Waals surface area contributed by atoms with Gasteiger partial charge in [-0.15, -0.1) is 0 Å². The van der Waals surface area contributed by atoms with Crippen molar-refractivity contribution in [3.8, 4) is 0 Å². The van der Waals surface area contributed by atoms with Crippen LogP contribution in [0.15, 0.2) is 30.5 Å². The van der Waals surface area contributed by atoms with Crippen molar-refractivity contribution >= 4 is 23.3 Å². The Bertz CT molecular complexity index is 783. The molecule has 0 radical (unpaired) electrons. The fourth-order valence-corrected chi connectivity index (χ4v) is 2.48. The minimum absolute atomic E-state index is 0.263. The summed E-state index contributed by atoms with van der Waals surface area (Å²) in [4.78, 5) is 3.02. The zero-order chi connectivity index (χ0) is 13.4. The standard InChI is InChI=1S/C13H13FN4S/c1-17-6-4-10(16-17)5-7-18-12-3-2-9(14)8-11(12)15-13(18)19/h2-4,6,8H,5,7H2,1H3,(H,15,19). The second-order valence-corrected chi connectivity index (χ2v) is 4.86. The molecule has 0 amide bonds. The summed E-state index contributed by atoms with van der Waals surface area (Å²) < 4.78 is 17.5. The van der Waals surface area contributed by atoms with E-state index in [2.05, 4.69) is 10.1 Å². The third-order valence-corrected chi connectivity index (χ3v) is 3.42. The van der Waals surface area contributed by atoms with Crippen LogP contribution in [-0.4, -0.2) is 19.3 Å². The summed E-state index contributed by atoms with van der Waals surface area (Å²) in [7, 11) is 1.89. The van der Waals surface area contributed by atoms with Crippen molar-refractivity contribution in [2.45, 2.75) is 13.0 Å². The highest BCUT2D eigenvalue weighted by atomic mass is 32.1. The maximum absolute atomic E-state index is 13.2. The number of aromatic nitrogens is 4. The lowest BCUT2D eigenvalue weighted by molar-refractivity contribution is 0.629. The summed E-state index contributed by atoms with van der Waals surface area (Å²) in [5.41, 5.74) is 2.66. The van der Waals surface area contributed by atoms with Gasteiger partial charge >= 0.3 is 0 Å². The zero-order valence-corrected chi connectivity index (χ0v) is 11.2. The Balaban J connectivity index is 1.92. The Morgan fingerprint density at radius 3 is 2.95 bits per heavy atom. The van der Waals surface area contributed by atoms with E-state index in [0.29, 0.717) is 4.77 Å². The molecule has 19 heavy (non-hydrogen) atoms. The number of nitrogens with one attached hydrogen (secondary N) is 1. The highest BCUT2D eigenvalue weighted by molar-refractivity contribution is 7.71. The van der Waals surface area contributed by atoms with Crippen LogP contribution in [0.5, 0.6) is 0 Å². The second kappa shape index (κ2) is 4.62. The molecule has 0 atom stereocenters. The Morgan fingerprint density at radius 1 is 1.37 bits per heavy atom. The number of rotatable bonds is 3. The lowest BCUT2D eigenvalue weighted by Crippen LogP contribution is -2.02. The first kappa shape index (κ1) is 12.1. The van der Waals surface area contributed by atoms with Crippen LogP contribution in [0, 0.1) is 10.6 Å². The van der Waals surface area contributed by atoms with Gasteiger partial charge in [0.1, 0.15) is 5.82 Å². The second-order valence-electron chi connectivity index (χ2n) is 4.47. The van der Waals surface area contributed by atoms with E-state index < -0.39 is 0 Å². The van der Waals surface area contributed by atoms with Gasteiger partial charge < -0.3 is 9.55 Å². The fraction of sp³-hybridized carbons (Fsp3) is 0.231. The molecule has 98 valence electrons. The van der Waals surface area contributed by atoms with Crippen LogP contribution in [0.1, 0.15) is 5.69 Å². The summed E-state index contributed by atoms with van der Waals surface area (Å²) in [5.74, 6) is -0.263. The maximum atomic E-state index is 13.2. The summed E-state index contributed by atoms with van der Waals surface area (Å²) >= 11 is 5.28. The van der Waals surface area contributed by atoms with Crippen LogP contribution < -0.4 is 0 Å². The third-order valence-electron chi connectivity index (χ3n) is 3.10. The monoisotopic (exact) mass is 276 g/mol. The van der Waals surface area contributed by atoms with Crippen molar-refractivity contribution in [2.75, 3.05) is 0 Å². The van der Waals surface area contributed by atoms with Gasteiger partial charge in [-0.3, -0.25) is 4.68 Å². The lowest BCUT2D eigenvalue weighted by atomic mass is 10.3. The van der Waals surface area contributed by atoms with E-state index in [0.717, 1.165) is 29.7 Å². The van der Waals surface area contributed by atoms with E-state index in [4.69, 9.17) is 12.2 Å². The average molecular weight is 276 g/mol. The molecule has 1 N–H and O–H groups in total. The Kier molecular flexibility index (Phi) is 2.94. The van der Waals surface area contributed by atoms with Gasteiger partial charge in [0.15, 0.2) is 4.77 Å². The first-order valence-corrected chi connectivity index (χ1v) is 6.41. The molecule has 0 aliphatic carbocycles. The average Bonchev–Trinajstić information content (AvgIpc) is 2.89. The SMILES string of the molecule is Cn1ccc(CCn2c(=S)[nH]c3cc(F)ccc32)n1. The van der Waals surface area contributed by atoms with Gasteiger partial charge in [-0.25, -0.2) is 4.39 Å². The molecule has 0 fully saturated rings. The summed E-state index contributed by atoms with van der Waals surface area (Å²) in [6.07, 6.45) is 2.71. The highest BCUT2D eigenvalue weighted by Crippen LogP contribution is 2.16. The smallest absolute Gasteiger partial charge is 0.178 e. The van der Waals surface area contributed by atoms with Gasteiger partial charge in [0.05, 0.1) is 16.7 Å². The normalized spacial score (nSPS) is 11.3. The fourth-order valence-electron chi connectivity index (χ4n) is 2.18. The summed E-state index contributed by atoms with van der Waals surface area (Å²) in [6, 6.07) is 6.64. The minimum atomic E-state index is -0.263. The number of hydrogen-bond acceptors (Lipinski definition) is 2. The Labute approximate surface area is 114 Å². The van der Waals surface area contributed by atoms with Crippen molar-refractivity contribution < 1.29 is 4.39 Å². The van der Waals surface area contributed by atoms with Gasteiger partial charge in [-0.1, -0.05) is 0 Å². The van der Waals surface area contributed by atoms with Crippen molar-refractivity contribution in [3.63, 3.8) is 0 Å². The first-order valence-electron chi connectivity index (χ1n) is 6.00. The van der Waals surface area contributed by atoms with E-state index in [-0.39, 0.29) is 5.82 Å². The van der Waals surface area contributed by atoms with Gasteiger partial charge in [-0.05, 0) is 36.5 Å². The number of imidazole rings is 1. The van der Waals surface area contributed by atoms with Crippen LogP contribution >= 0.6 is 12.2 Å². The molecule has 0 saturated heterocycles. The number of nitrogens with zero attached hydrogens (tertiary/aromatic N) is 3. The van der Waals surface area contributed by atoms with Crippen molar-refractivity contribution in [1.82, 2.24) is 19.3 Å². The predicted octanol–water partition coefficient (Wildman–Crippen LogP) is 2.81. The first-order chi connectivity index (χ1) is 9.13. The number of benzene rings is 1. The van der Waals surface area contributed by atoms with E-state index in [1.807, 2.05) is 23.9 Å². The van der Waals surface area contributed by atoms with Crippen molar-refractivity contribution in [3.05, 3.63) is 46.7 Å². The van der Waals surface area contributed by atoms with Gasteiger partial charge in [-0.2, -0.15) is 5.10 Å². The van der Waals surface area contributed by atoms with Gasteiger partial charge in [0, 0.05) is 26.2 Å². The van der Waals surface area contributed by atoms with Crippen LogP contribution in [0.25, 0.3) is 11.0 Å². The number of aromatic amines is 1. The van der Waals surface area contributed by atoms with E-state index in [1.54, 1.807) is 10.7 Å². The molecule has 0 aliphatic rings. The summed E-state index contributed by atoms with van der Waals surface area (Å²) in [5, 5.41) is 4.33. The molecule has 3 aromatic rings. The molecular formula is C13H13FN4S. The molecule has 3 rings (SSSR count). The van der Waals surface area contributed by atoms with Crippen LogP contribution in [0.2, 0.25) is 0 Å². The van der Waals surface area contributed by atoms with Crippen LogP contribution in [-0.2, 0) is 20.0 Å². The molecule has 0 saturated carbocycles. The topological polar surface area (TPSA) is 38.5 Å². The number of H-pyrrole nitrogens is 1. The van der Waals surface area contributed by atoms with Crippen LogP contribution in [0.3, 0.4) is 0 Å². The Morgan fingerprint density at radius 2 is 2.21 bits per heavy atom. The van der Waals surface area contributed by atoms with Crippen LogP contribution in [0.4, 0.5) is 4.39 Å². The molecule has 4 nitrogen and oxygen atoms in total. The molecule has 0 aliphatic heterocycles. The van der Waals surface area contributed by atoms with Crippen molar-refractivity contribution in [1.29, 1.82) is 0 Å². The molecule has 1 aromatic carbocycles. The molecule has 0 spiro atoms. The third kappa shape index (κ3) is 2.31. The van der Waals surface area contributed by atoms with E-state index in [1.165, 1.54) is 12.1 Å².